The standard InChI is InChI=1S/C20H18N4O.C19H16N6O5S.C18H17N5O4S/c1-14-2-4-15(5-3-14)12-22-19-20-23-13-18(24(20)11-10-21-19)16-6-8-17(25)9-7-16;20-31(29,30)14-4-1-12(2-5-14)10-22-18-19-23-11-16(24(19)8-7-21-18)13-3-6-17(26)15(9-13)25(27)28;19-28(25,26)14-4-1-12(2-5-14)9-21-17-18-22-10-15(23(18)8-7-20-17)16-6-3-13(11-24)27-16/h2-11,13,25H,12H2,1H3,(H,21,22);1-9,11,26H,10H2,(H,21,22)(H2,20,29,30);1-8,10,24H,9,11H2,(H,20,21)(H2,19,25,26). The Kier molecular flexibility index (Phi) is 16.4. The van der Waals surface area contributed by atoms with Crippen LogP contribution in [0.3, 0.4) is 0 Å². The first kappa shape index (κ1) is 56.7. The van der Waals surface area contributed by atoms with Gasteiger partial charge in [0.1, 0.15) is 23.8 Å². The number of nitrogens with two attached hydrogens (primary N) is 2. The molecule has 426 valence electrons. The number of hydrogen-bond acceptors (Lipinski definition) is 19. The molecular formula is C57H51N15O10S2. The fraction of sp³-hybridized carbons (Fsp3) is 0.0877. The molecular weight excluding hydrogens is 1120 g/mol. The lowest BCUT2D eigenvalue weighted by Crippen LogP contribution is -2.12. The van der Waals surface area contributed by atoms with E-state index in [9.17, 15) is 37.2 Å². The number of aliphatic hydroxyl groups is 1. The number of nitrogens with one attached hydrogen (secondary N) is 3. The largest absolute Gasteiger partial charge is 0.508 e. The third-order valence-electron chi connectivity index (χ3n) is 13.0. The fourth-order valence-electron chi connectivity index (χ4n) is 8.66. The number of primary sulfonamides is 2. The van der Waals surface area contributed by atoms with Crippen molar-refractivity contribution in [3.8, 4) is 45.5 Å². The van der Waals surface area contributed by atoms with Crippen molar-refractivity contribution in [3.05, 3.63) is 221 Å². The second kappa shape index (κ2) is 24.3. The molecule has 5 aromatic carbocycles. The number of benzene rings is 5. The van der Waals surface area contributed by atoms with Crippen LogP contribution in [-0.4, -0.2) is 80.2 Å². The zero-order valence-electron chi connectivity index (χ0n) is 44.3. The summed E-state index contributed by atoms with van der Waals surface area (Å²) in [6, 6.07) is 35.5. The maximum absolute atomic E-state index is 11.4. The summed E-state index contributed by atoms with van der Waals surface area (Å²) in [5, 5.41) is 59.3. The molecule has 12 rings (SSSR count). The van der Waals surface area contributed by atoms with Gasteiger partial charge in [0.15, 0.2) is 45.9 Å². The Morgan fingerprint density at radius 3 is 1.39 bits per heavy atom. The van der Waals surface area contributed by atoms with Crippen LogP contribution in [0, 0.1) is 17.0 Å². The predicted octanol–water partition coefficient (Wildman–Crippen LogP) is 8.03. The lowest BCUT2D eigenvalue weighted by atomic mass is 10.1. The SMILES string of the molecule is Cc1ccc(CNc2nccn3c(-c4ccc(O)cc4)cnc23)cc1.NS(=O)(=O)c1ccc(CNc2nccn3c(-c4ccc(CO)o4)cnc23)cc1.NS(=O)(=O)c1ccc(CNc2nccn3c(-c4ccc(O)c([N+](=O)[O-])c4)cnc23)cc1. The molecule has 0 bridgehead atoms. The average molecular weight is 1170 g/mol. The van der Waals surface area contributed by atoms with Crippen molar-refractivity contribution in [2.45, 2.75) is 43.0 Å². The Labute approximate surface area is 478 Å². The van der Waals surface area contributed by atoms with Gasteiger partial charge in [-0.3, -0.25) is 23.3 Å². The zero-order valence-corrected chi connectivity index (χ0v) is 45.9. The fourth-order valence-corrected chi connectivity index (χ4v) is 9.69. The number of phenolic OH excluding ortho intramolecular Hbond substituents is 2. The van der Waals surface area contributed by atoms with E-state index in [4.69, 9.17) is 19.8 Å². The number of aromatic hydroxyl groups is 2. The number of hydrogen-bond donors (Lipinski definition) is 8. The highest BCUT2D eigenvalue weighted by Crippen LogP contribution is 2.33. The van der Waals surface area contributed by atoms with Crippen LogP contribution in [0.1, 0.15) is 28.0 Å². The summed E-state index contributed by atoms with van der Waals surface area (Å²) in [6.07, 6.45) is 15.3. The molecule has 84 heavy (non-hydrogen) atoms. The van der Waals surface area contributed by atoms with Gasteiger partial charge in [0.25, 0.3) is 0 Å². The van der Waals surface area contributed by atoms with Crippen molar-refractivity contribution in [2.24, 2.45) is 10.3 Å². The molecule has 0 spiro atoms. The van der Waals surface area contributed by atoms with Crippen molar-refractivity contribution in [1.29, 1.82) is 0 Å². The lowest BCUT2D eigenvalue weighted by Gasteiger charge is -2.08. The number of nitro groups is 1. The molecule has 27 heteroatoms. The third-order valence-corrected chi connectivity index (χ3v) is 14.8. The lowest BCUT2D eigenvalue weighted by molar-refractivity contribution is -0.385. The molecule has 0 unspecified atom stereocenters. The average Bonchev–Trinajstić information content (AvgIpc) is 3.66. The van der Waals surface area contributed by atoms with E-state index in [0.717, 1.165) is 39.5 Å². The number of rotatable bonds is 16. The maximum Gasteiger partial charge on any atom is 0.311 e. The number of nitrogens with zero attached hydrogens (tertiary/aromatic N) is 10. The first-order valence-corrected chi connectivity index (χ1v) is 28.4. The highest BCUT2D eigenvalue weighted by molar-refractivity contribution is 7.89. The second-order valence-electron chi connectivity index (χ2n) is 18.7. The number of aliphatic hydroxyl groups excluding tert-OH is 1. The molecule has 7 heterocycles. The molecule has 0 atom stereocenters. The van der Waals surface area contributed by atoms with Crippen LogP contribution < -0.4 is 26.2 Å². The van der Waals surface area contributed by atoms with E-state index in [2.05, 4.69) is 77.0 Å². The van der Waals surface area contributed by atoms with Gasteiger partial charge in [0.05, 0.1) is 44.7 Å². The van der Waals surface area contributed by atoms with Crippen LogP contribution in [0.5, 0.6) is 11.5 Å². The van der Waals surface area contributed by atoms with Gasteiger partial charge in [0.2, 0.25) is 20.0 Å². The van der Waals surface area contributed by atoms with E-state index < -0.39 is 36.4 Å². The minimum Gasteiger partial charge on any atom is -0.508 e. The van der Waals surface area contributed by atoms with Crippen molar-refractivity contribution in [3.63, 3.8) is 0 Å². The minimum atomic E-state index is -3.75. The summed E-state index contributed by atoms with van der Waals surface area (Å²) in [5.41, 5.74) is 9.35. The monoisotopic (exact) mass is 1170 g/mol. The van der Waals surface area contributed by atoms with Crippen LogP contribution in [-0.2, 0) is 46.3 Å². The van der Waals surface area contributed by atoms with Gasteiger partial charge in [-0.2, -0.15) is 0 Å². The number of nitro benzene ring substituents is 1. The molecule has 0 saturated carbocycles. The van der Waals surface area contributed by atoms with Gasteiger partial charge in [-0.15, -0.1) is 0 Å². The molecule has 0 aliphatic carbocycles. The van der Waals surface area contributed by atoms with E-state index in [1.807, 2.05) is 33.3 Å². The van der Waals surface area contributed by atoms with Crippen LogP contribution in [0.4, 0.5) is 23.1 Å². The number of aromatic nitrogens is 9. The normalized spacial score (nSPS) is 11.4. The van der Waals surface area contributed by atoms with Gasteiger partial charge in [-0.25, -0.2) is 57.0 Å². The quantitative estimate of drug-likeness (QED) is 0.0335. The van der Waals surface area contributed by atoms with Gasteiger partial charge in [-0.05, 0) is 96.4 Å². The summed E-state index contributed by atoms with van der Waals surface area (Å²) in [7, 11) is -7.46. The Morgan fingerprint density at radius 2 is 0.964 bits per heavy atom. The number of fused-ring (bicyclic) bond motifs is 3. The number of sulfonamides is 2. The first-order chi connectivity index (χ1) is 40.4. The zero-order chi connectivity index (χ0) is 59.1. The van der Waals surface area contributed by atoms with Crippen molar-refractivity contribution >= 4 is 60.1 Å². The van der Waals surface area contributed by atoms with Crippen molar-refractivity contribution in [1.82, 2.24) is 43.1 Å². The molecule has 7 aromatic heterocycles. The highest BCUT2D eigenvalue weighted by Gasteiger charge is 2.19. The maximum atomic E-state index is 11.4. The Bertz CT molecular complexity index is 4550. The summed E-state index contributed by atoms with van der Waals surface area (Å²) >= 11 is 0. The Morgan fingerprint density at radius 1 is 0.548 bits per heavy atom. The summed E-state index contributed by atoms with van der Waals surface area (Å²) in [4.78, 5) is 36.9. The topological polar surface area (TPSA) is 364 Å². The van der Waals surface area contributed by atoms with Gasteiger partial charge in [-0.1, -0.05) is 54.1 Å². The third kappa shape index (κ3) is 12.9. The predicted molar refractivity (Wildman–Crippen MR) is 312 cm³/mol. The highest BCUT2D eigenvalue weighted by atomic mass is 32.2. The van der Waals surface area contributed by atoms with E-state index in [0.29, 0.717) is 65.3 Å². The number of aryl methyl sites for hydroxylation is 1. The van der Waals surface area contributed by atoms with Crippen molar-refractivity contribution < 1.29 is 41.5 Å². The van der Waals surface area contributed by atoms with E-state index in [-0.39, 0.29) is 22.1 Å². The molecule has 0 amide bonds. The molecule has 0 aliphatic rings. The molecule has 25 nitrogen and oxygen atoms in total. The summed E-state index contributed by atoms with van der Waals surface area (Å²) in [6.45, 7) is 3.37. The van der Waals surface area contributed by atoms with Crippen molar-refractivity contribution in [2.75, 3.05) is 16.0 Å². The molecule has 12 aromatic rings. The van der Waals surface area contributed by atoms with Gasteiger partial charge >= 0.3 is 5.69 Å². The minimum absolute atomic E-state index is 0.0253. The molecule has 10 N–H and O–H groups in total. The molecule has 0 aliphatic heterocycles. The number of anilines is 3. The number of phenols is 2. The smallest absolute Gasteiger partial charge is 0.311 e. The van der Waals surface area contributed by atoms with Gasteiger partial charge < -0.3 is 35.7 Å². The Balaban J connectivity index is 0.000000141. The van der Waals surface area contributed by atoms with Crippen LogP contribution in [0.2, 0.25) is 0 Å². The molecule has 0 fully saturated rings. The molecule has 0 radical (unpaired) electrons. The van der Waals surface area contributed by atoms with E-state index >= 15 is 0 Å². The number of imidazole rings is 3. The van der Waals surface area contributed by atoms with Gasteiger partial charge in [0, 0.05) is 74.0 Å². The van der Waals surface area contributed by atoms with Crippen LogP contribution in [0.15, 0.2) is 197 Å². The molecule has 0 saturated heterocycles. The second-order valence-corrected chi connectivity index (χ2v) is 21.8. The van der Waals surface area contributed by atoms with E-state index in [1.54, 1.807) is 102 Å². The van der Waals surface area contributed by atoms with Crippen LogP contribution in [0.25, 0.3) is 50.9 Å². The number of furan rings is 1. The first-order valence-electron chi connectivity index (χ1n) is 25.3. The Hall–Kier alpha value is -10.6. The summed E-state index contributed by atoms with van der Waals surface area (Å²) in [5.74, 6) is 2.68. The van der Waals surface area contributed by atoms with Crippen LogP contribution >= 0.6 is 0 Å². The van der Waals surface area contributed by atoms with E-state index in [1.165, 1.54) is 47.5 Å². The summed E-state index contributed by atoms with van der Waals surface area (Å²) < 4.78 is 56.5.